The highest BCUT2D eigenvalue weighted by Crippen LogP contribution is 2.32. The first-order chi connectivity index (χ1) is 8.25. The van der Waals surface area contributed by atoms with Crippen molar-refractivity contribution >= 4 is 11.5 Å². The van der Waals surface area contributed by atoms with E-state index in [0.717, 1.165) is 36.6 Å². The second kappa shape index (κ2) is 4.14. The van der Waals surface area contributed by atoms with Crippen LogP contribution in [0.15, 0.2) is 6.07 Å². The van der Waals surface area contributed by atoms with Crippen LogP contribution in [0.1, 0.15) is 12.5 Å². The molecule has 0 aliphatic carbocycles. The van der Waals surface area contributed by atoms with E-state index in [0.29, 0.717) is 13.2 Å². The molecule has 1 atom stereocenters. The lowest BCUT2D eigenvalue weighted by molar-refractivity contribution is 0.0984. The number of fused-ring (bicyclic) bond motifs is 1. The number of nitrogens with zero attached hydrogens (tertiary/aromatic N) is 2. The first-order valence-corrected chi connectivity index (χ1v) is 6.03. The van der Waals surface area contributed by atoms with Crippen LogP contribution in [0.3, 0.4) is 0 Å². The van der Waals surface area contributed by atoms with Crippen molar-refractivity contribution in [3.05, 3.63) is 17.6 Å². The third kappa shape index (κ3) is 1.84. The lowest BCUT2D eigenvalue weighted by Crippen LogP contribution is -2.44. The Hall–Kier alpha value is -1.36. The van der Waals surface area contributed by atoms with Gasteiger partial charge in [-0.05, 0) is 13.3 Å². The van der Waals surface area contributed by atoms with E-state index < -0.39 is 5.95 Å². The fourth-order valence-corrected chi connectivity index (χ4v) is 2.53. The summed E-state index contributed by atoms with van der Waals surface area (Å²) in [5, 5.41) is 3.20. The zero-order chi connectivity index (χ0) is 11.8. The summed E-state index contributed by atoms with van der Waals surface area (Å²) in [6, 6.07) is 1.74. The van der Waals surface area contributed by atoms with Crippen LogP contribution in [-0.4, -0.2) is 37.3 Å². The molecule has 3 rings (SSSR count). The van der Waals surface area contributed by atoms with Crippen LogP contribution in [0.5, 0.6) is 0 Å². The van der Waals surface area contributed by atoms with E-state index in [-0.39, 0.29) is 6.04 Å². The average Bonchev–Trinajstić information content (AvgIpc) is 2.76. The summed E-state index contributed by atoms with van der Waals surface area (Å²) in [5.74, 6) is 0.382. The van der Waals surface area contributed by atoms with Crippen molar-refractivity contribution in [2.45, 2.75) is 19.4 Å². The molecular weight excluding hydrogens is 221 g/mol. The fraction of sp³-hybridized carbons (Fsp3) is 0.583. The van der Waals surface area contributed by atoms with Crippen molar-refractivity contribution in [1.29, 1.82) is 0 Å². The third-order valence-corrected chi connectivity index (χ3v) is 3.40. The first-order valence-electron chi connectivity index (χ1n) is 6.03. The predicted octanol–water partition coefficient (Wildman–Crippen LogP) is 1.41. The molecule has 1 saturated heterocycles. The molecule has 4 nitrogen and oxygen atoms in total. The Labute approximate surface area is 99.8 Å². The number of morpholine rings is 1. The minimum Gasteiger partial charge on any atom is -0.384 e. The molecular formula is C12H16FN3O. The van der Waals surface area contributed by atoms with Crippen LogP contribution in [0.25, 0.3) is 0 Å². The summed E-state index contributed by atoms with van der Waals surface area (Å²) in [4.78, 5) is 6.23. The maximum absolute atomic E-state index is 13.5. The molecule has 0 unspecified atom stereocenters. The topological polar surface area (TPSA) is 37.4 Å². The molecule has 0 amide bonds. The molecule has 1 aromatic rings. The Morgan fingerprint density at radius 1 is 1.59 bits per heavy atom. The number of anilines is 2. The lowest BCUT2D eigenvalue weighted by Gasteiger charge is -2.35. The lowest BCUT2D eigenvalue weighted by atomic mass is 10.1. The Kier molecular flexibility index (Phi) is 2.63. The SMILES string of the molecule is C[C@@H]1COCCN1c1nc(F)cc2c1CCN2. The van der Waals surface area contributed by atoms with Gasteiger partial charge in [-0.2, -0.15) is 4.39 Å². The van der Waals surface area contributed by atoms with Gasteiger partial charge in [-0.15, -0.1) is 0 Å². The zero-order valence-corrected chi connectivity index (χ0v) is 9.87. The van der Waals surface area contributed by atoms with Crippen LogP contribution in [0.4, 0.5) is 15.9 Å². The van der Waals surface area contributed by atoms with Gasteiger partial charge < -0.3 is 15.0 Å². The van der Waals surface area contributed by atoms with E-state index in [1.807, 2.05) is 0 Å². The van der Waals surface area contributed by atoms with E-state index in [1.165, 1.54) is 6.07 Å². The molecule has 0 spiro atoms. The normalized spacial score (nSPS) is 23.4. The smallest absolute Gasteiger partial charge is 0.216 e. The van der Waals surface area contributed by atoms with Gasteiger partial charge in [-0.1, -0.05) is 0 Å². The molecule has 1 N–H and O–H groups in total. The molecule has 0 saturated carbocycles. The van der Waals surface area contributed by atoms with Crippen molar-refractivity contribution < 1.29 is 9.13 Å². The summed E-state index contributed by atoms with van der Waals surface area (Å²) in [5.41, 5.74) is 2.03. The molecule has 0 radical (unpaired) electrons. The van der Waals surface area contributed by atoms with Gasteiger partial charge in [0.2, 0.25) is 5.95 Å². The van der Waals surface area contributed by atoms with Crippen LogP contribution in [-0.2, 0) is 11.2 Å². The molecule has 2 aliphatic rings. The summed E-state index contributed by atoms with van der Waals surface area (Å²) >= 11 is 0. The molecule has 1 aromatic heterocycles. The van der Waals surface area contributed by atoms with E-state index >= 15 is 0 Å². The second-order valence-corrected chi connectivity index (χ2v) is 4.59. The number of nitrogens with one attached hydrogen (secondary N) is 1. The van der Waals surface area contributed by atoms with Gasteiger partial charge in [0.25, 0.3) is 0 Å². The van der Waals surface area contributed by atoms with E-state index in [1.54, 1.807) is 0 Å². The molecule has 17 heavy (non-hydrogen) atoms. The molecule has 1 fully saturated rings. The minimum atomic E-state index is -0.410. The highest BCUT2D eigenvalue weighted by Gasteiger charge is 2.26. The van der Waals surface area contributed by atoms with Crippen molar-refractivity contribution in [3.8, 4) is 0 Å². The number of pyridine rings is 1. The Bertz CT molecular complexity index is 438. The van der Waals surface area contributed by atoms with Gasteiger partial charge in [0.05, 0.1) is 19.3 Å². The largest absolute Gasteiger partial charge is 0.384 e. The van der Waals surface area contributed by atoms with Crippen molar-refractivity contribution in [2.75, 3.05) is 36.5 Å². The fourth-order valence-electron chi connectivity index (χ4n) is 2.53. The zero-order valence-electron chi connectivity index (χ0n) is 9.87. The molecule has 0 aromatic carbocycles. The van der Waals surface area contributed by atoms with Crippen molar-refractivity contribution in [2.24, 2.45) is 0 Å². The Morgan fingerprint density at radius 3 is 3.29 bits per heavy atom. The monoisotopic (exact) mass is 237 g/mol. The van der Waals surface area contributed by atoms with Crippen LogP contribution >= 0.6 is 0 Å². The Morgan fingerprint density at radius 2 is 2.47 bits per heavy atom. The molecule has 5 heteroatoms. The van der Waals surface area contributed by atoms with Gasteiger partial charge in [-0.25, -0.2) is 4.98 Å². The van der Waals surface area contributed by atoms with Gasteiger partial charge in [0.15, 0.2) is 0 Å². The summed E-state index contributed by atoms with van der Waals surface area (Å²) in [7, 11) is 0. The standard InChI is InChI=1S/C12H16FN3O/c1-8-7-17-5-4-16(8)12-9-2-3-14-10(9)6-11(13)15-12/h6,8,14H,2-5,7H2,1H3/t8-/m1/s1. The number of hydrogen-bond donors (Lipinski definition) is 1. The number of halogens is 1. The van der Waals surface area contributed by atoms with E-state index in [4.69, 9.17) is 4.74 Å². The maximum atomic E-state index is 13.5. The van der Waals surface area contributed by atoms with Crippen molar-refractivity contribution in [1.82, 2.24) is 4.98 Å². The molecule has 2 aliphatic heterocycles. The molecule has 0 bridgehead atoms. The molecule has 92 valence electrons. The minimum absolute atomic E-state index is 0.253. The Balaban J connectivity index is 2.01. The van der Waals surface area contributed by atoms with E-state index in [9.17, 15) is 4.39 Å². The van der Waals surface area contributed by atoms with Crippen LogP contribution in [0, 0.1) is 5.95 Å². The summed E-state index contributed by atoms with van der Waals surface area (Å²) in [6.07, 6.45) is 0.919. The highest BCUT2D eigenvalue weighted by atomic mass is 19.1. The number of aromatic nitrogens is 1. The summed E-state index contributed by atoms with van der Waals surface area (Å²) in [6.45, 7) is 5.10. The number of hydrogen-bond acceptors (Lipinski definition) is 4. The number of rotatable bonds is 1. The van der Waals surface area contributed by atoms with Crippen LogP contribution in [0.2, 0.25) is 0 Å². The molecule has 3 heterocycles. The van der Waals surface area contributed by atoms with Crippen LogP contribution < -0.4 is 10.2 Å². The average molecular weight is 237 g/mol. The van der Waals surface area contributed by atoms with Gasteiger partial charge >= 0.3 is 0 Å². The first kappa shape index (κ1) is 10.8. The maximum Gasteiger partial charge on any atom is 0.216 e. The van der Waals surface area contributed by atoms with E-state index in [2.05, 4.69) is 22.1 Å². The second-order valence-electron chi connectivity index (χ2n) is 4.59. The van der Waals surface area contributed by atoms with Crippen molar-refractivity contribution in [3.63, 3.8) is 0 Å². The van der Waals surface area contributed by atoms with Gasteiger partial charge in [0.1, 0.15) is 5.82 Å². The third-order valence-electron chi connectivity index (χ3n) is 3.40. The van der Waals surface area contributed by atoms with Gasteiger partial charge in [0, 0.05) is 30.4 Å². The summed E-state index contributed by atoms with van der Waals surface area (Å²) < 4.78 is 18.9. The van der Waals surface area contributed by atoms with Gasteiger partial charge in [-0.3, -0.25) is 0 Å². The number of ether oxygens (including phenoxy) is 1. The highest BCUT2D eigenvalue weighted by molar-refractivity contribution is 5.66. The predicted molar refractivity (Wildman–Crippen MR) is 64.0 cm³/mol. The quantitative estimate of drug-likeness (QED) is 0.749.